The Labute approximate surface area is 84.0 Å². The van der Waals surface area contributed by atoms with Crippen LogP contribution in [0.25, 0.3) is 0 Å². The van der Waals surface area contributed by atoms with Crippen LogP contribution in [0.5, 0.6) is 0 Å². The van der Waals surface area contributed by atoms with Crippen LogP contribution in [0.4, 0.5) is 9.18 Å². The van der Waals surface area contributed by atoms with Crippen LogP contribution in [0.2, 0.25) is 0 Å². The van der Waals surface area contributed by atoms with Crippen LogP contribution >= 0.6 is 0 Å². The SMILES string of the molecule is CC(C)NC(=O)O[C@@H]1CC[C@H](C)[C@@H]1F. The second-order valence-electron chi connectivity index (χ2n) is 4.24. The second kappa shape index (κ2) is 4.62. The fraction of sp³-hybridized carbons (Fsp3) is 0.900. The van der Waals surface area contributed by atoms with Gasteiger partial charge in [0.05, 0.1) is 0 Å². The number of carbonyl (C=O) groups is 1. The maximum absolute atomic E-state index is 13.4. The van der Waals surface area contributed by atoms with E-state index in [4.69, 9.17) is 4.74 Å². The molecule has 0 spiro atoms. The maximum atomic E-state index is 13.4. The number of halogens is 1. The minimum atomic E-state index is -1.01. The van der Waals surface area contributed by atoms with Gasteiger partial charge >= 0.3 is 6.09 Å². The molecule has 0 saturated heterocycles. The van der Waals surface area contributed by atoms with E-state index in [9.17, 15) is 9.18 Å². The minimum Gasteiger partial charge on any atom is -0.443 e. The number of nitrogens with one attached hydrogen (secondary N) is 1. The molecular weight excluding hydrogens is 185 g/mol. The summed E-state index contributed by atoms with van der Waals surface area (Å²) in [5.41, 5.74) is 0. The zero-order valence-corrected chi connectivity index (χ0v) is 8.92. The summed E-state index contributed by atoms with van der Waals surface area (Å²) in [5, 5.41) is 2.58. The second-order valence-corrected chi connectivity index (χ2v) is 4.24. The molecule has 3 nitrogen and oxygen atoms in total. The van der Waals surface area contributed by atoms with Crippen LogP contribution in [-0.4, -0.2) is 24.4 Å². The maximum Gasteiger partial charge on any atom is 0.407 e. The van der Waals surface area contributed by atoms with Gasteiger partial charge in [0, 0.05) is 6.04 Å². The van der Waals surface area contributed by atoms with Gasteiger partial charge in [-0.2, -0.15) is 0 Å². The summed E-state index contributed by atoms with van der Waals surface area (Å²) in [6, 6.07) is 0.0272. The van der Waals surface area contributed by atoms with Crippen LogP contribution in [0.1, 0.15) is 33.6 Å². The summed E-state index contributed by atoms with van der Waals surface area (Å²) < 4.78 is 18.4. The Hall–Kier alpha value is -0.800. The third-order valence-electron chi connectivity index (χ3n) is 2.47. The van der Waals surface area contributed by atoms with E-state index in [0.29, 0.717) is 6.42 Å². The highest BCUT2D eigenvalue weighted by Gasteiger charge is 2.36. The first-order valence-corrected chi connectivity index (χ1v) is 5.12. The van der Waals surface area contributed by atoms with E-state index in [1.165, 1.54) is 0 Å². The molecule has 82 valence electrons. The van der Waals surface area contributed by atoms with Crippen molar-refractivity contribution in [2.75, 3.05) is 0 Å². The lowest BCUT2D eigenvalue weighted by Crippen LogP contribution is -2.35. The lowest BCUT2D eigenvalue weighted by Gasteiger charge is -2.17. The molecule has 1 amide bonds. The van der Waals surface area contributed by atoms with Crippen molar-refractivity contribution >= 4 is 6.09 Å². The van der Waals surface area contributed by atoms with Crippen LogP contribution in [0, 0.1) is 5.92 Å². The number of hydrogen-bond donors (Lipinski definition) is 1. The Morgan fingerprint density at radius 3 is 2.57 bits per heavy atom. The zero-order chi connectivity index (χ0) is 10.7. The van der Waals surface area contributed by atoms with Gasteiger partial charge in [0.1, 0.15) is 12.3 Å². The standard InChI is InChI=1S/C10H18FNO2/c1-6(2)12-10(13)14-8-5-4-7(3)9(8)11/h6-9H,4-5H2,1-3H3,(H,12,13)/t7-,8+,9-/m0/s1. The van der Waals surface area contributed by atoms with Crippen molar-refractivity contribution in [1.29, 1.82) is 0 Å². The third kappa shape index (κ3) is 2.86. The number of carbonyl (C=O) groups excluding carboxylic acids is 1. The molecule has 0 unspecified atom stereocenters. The molecule has 0 bridgehead atoms. The quantitative estimate of drug-likeness (QED) is 0.747. The van der Waals surface area contributed by atoms with Crippen molar-refractivity contribution in [3.05, 3.63) is 0 Å². The Morgan fingerprint density at radius 1 is 1.50 bits per heavy atom. The molecule has 3 atom stereocenters. The predicted octanol–water partition coefficient (Wildman–Crippen LogP) is 2.26. The lowest BCUT2D eigenvalue weighted by molar-refractivity contribution is 0.0508. The molecule has 4 heteroatoms. The lowest BCUT2D eigenvalue weighted by atomic mass is 10.1. The largest absolute Gasteiger partial charge is 0.443 e. The van der Waals surface area contributed by atoms with Crippen LogP contribution in [0.15, 0.2) is 0 Å². The summed E-state index contributed by atoms with van der Waals surface area (Å²) in [6.45, 7) is 5.52. The first-order valence-electron chi connectivity index (χ1n) is 5.12. The number of alkyl halides is 1. The van der Waals surface area contributed by atoms with Gasteiger partial charge in [0.25, 0.3) is 0 Å². The van der Waals surface area contributed by atoms with Gasteiger partial charge < -0.3 is 10.1 Å². The molecule has 0 aromatic rings. The van der Waals surface area contributed by atoms with E-state index < -0.39 is 18.4 Å². The molecule has 1 fully saturated rings. The smallest absolute Gasteiger partial charge is 0.407 e. The zero-order valence-electron chi connectivity index (χ0n) is 8.92. The average Bonchev–Trinajstić information content (AvgIpc) is 2.34. The van der Waals surface area contributed by atoms with E-state index >= 15 is 0 Å². The number of rotatable bonds is 2. The summed E-state index contributed by atoms with van der Waals surface area (Å²) in [6.07, 6.45) is -0.646. The average molecular weight is 203 g/mol. The highest BCUT2D eigenvalue weighted by Crippen LogP contribution is 2.30. The Bertz CT molecular complexity index is 208. The Kier molecular flexibility index (Phi) is 3.72. The normalized spacial score (nSPS) is 31.9. The van der Waals surface area contributed by atoms with Crippen molar-refractivity contribution in [1.82, 2.24) is 5.32 Å². The van der Waals surface area contributed by atoms with Crippen LogP contribution < -0.4 is 5.32 Å². The first kappa shape index (κ1) is 11.3. The van der Waals surface area contributed by atoms with E-state index in [1.807, 2.05) is 20.8 Å². The number of ether oxygens (including phenoxy) is 1. The third-order valence-corrected chi connectivity index (χ3v) is 2.47. The summed E-state index contributed by atoms with van der Waals surface area (Å²) in [4.78, 5) is 11.2. The monoisotopic (exact) mass is 203 g/mol. The van der Waals surface area contributed by atoms with E-state index in [1.54, 1.807) is 0 Å². The van der Waals surface area contributed by atoms with Crippen LogP contribution in [-0.2, 0) is 4.74 Å². The van der Waals surface area contributed by atoms with Crippen molar-refractivity contribution in [3.63, 3.8) is 0 Å². The van der Waals surface area contributed by atoms with Crippen molar-refractivity contribution < 1.29 is 13.9 Å². The molecule has 0 aromatic heterocycles. The van der Waals surface area contributed by atoms with Gasteiger partial charge in [-0.1, -0.05) is 6.92 Å². The summed E-state index contributed by atoms with van der Waals surface area (Å²) >= 11 is 0. The Morgan fingerprint density at radius 2 is 2.14 bits per heavy atom. The van der Waals surface area contributed by atoms with Gasteiger partial charge in [-0.25, -0.2) is 9.18 Å². The predicted molar refractivity (Wildman–Crippen MR) is 51.8 cm³/mol. The molecular formula is C10H18FNO2. The molecule has 0 aromatic carbocycles. The first-order chi connectivity index (χ1) is 6.50. The number of amides is 1. The van der Waals surface area contributed by atoms with E-state index in [0.717, 1.165) is 6.42 Å². The highest BCUT2D eigenvalue weighted by atomic mass is 19.1. The van der Waals surface area contributed by atoms with Crippen molar-refractivity contribution in [2.45, 2.75) is 51.9 Å². The molecule has 1 aliphatic rings. The molecule has 1 rings (SSSR count). The molecule has 0 radical (unpaired) electrons. The van der Waals surface area contributed by atoms with Gasteiger partial charge in [0.2, 0.25) is 0 Å². The highest BCUT2D eigenvalue weighted by molar-refractivity contribution is 5.67. The van der Waals surface area contributed by atoms with Gasteiger partial charge in [-0.15, -0.1) is 0 Å². The van der Waals surface area contributed by atoms with E-state index in [-0.39, 0.29) is 12.0 Å². The minimum absolute atomic E-state index is 0.00634. The molecule has 1 N–H and O–H groups in total. The van der Waals surface area contributed by atoms with E-state index in [2.05, 4.69) is 5.32 Å². The fourth-order valence-corrected chi connectivity index (χ4v) is 1.64. The molecule has 0 aliphatic heterocycles. The topological polar surface area (TPSA) is 38.3 Å². The van der Waals surface area contributed by atoms with Gasteiger partial charge in [0.15, 0.2) is 0 Å². The van der Waals surface area contributed by atoms with Crippen molar-refractivity contribution in [2.24, 2.45) is 5.92 Å². The number of hydrogen-bond acceptors (Lipinski definition) is 2. The summed E-state index contributed by atoms with van der Waals surface area (Å²) in [5.74, 6) is 0.00634. The van der Waals surface area contributed by atoms with Gasteiger partial charge in [-0.3, -0.25) is 0 Å². The molecule has 1 aliphatic carbocycles. The van der Waals surface area contributed by atoms with Crippen molar-refractivity contribution in [3.8, 4) is 0 Å². The molecule has 14 heavy (non-hydrogen) atoms. The fourth-order valence-electron chi connectivity index (χ4n) is 1.64. The Balaban J connectivity index is 2.34. The van der Waals surface area contributed by atoms with Gasteiger partial charge in [-0.05, 0) is 32.6 Å². The van der Waals surface area contributed by atoms with Crippen LogP contribution in [0.3, 0.4) is 0 Å². The number of alkyl carbamates (subject to hydrolysis) is 1. The summed E-state index contributed by atoms with van der Waals surface area (Å²) in [7, 11) is 0. The molecule has 0 heterocycles. The molecule has 1 saturated carbocycles.